The van der Waals surface area contributed by atoms with Gasteiger partial charge in [-0.15, -0.1) is 0 Å². The lowest BCUT2D eigenvalue weighted by Gasteiger charge is -2.14. The molecule has 4 nitrogen and oxygen atoms in total. The highest BCUT2D eigenvalue weighted by Gasteiger charge is 2.31. The molecule has 1 saturated heterocycles. The van der Waals surface area contributed by atoms with E-state index in [0.717, 1.165) is 11.1 Å². The van der Waals surface area contributed by atoms with E-state index in [2.05, 4.69) is 0 Å². The third kappa shape index (κ3) is 4.03. The third-order valence-corrected chi connectivity index (χ3v) is 5.11. The highest BCUT2D eigenvalue weighted by molar-refractivity contribution is 8.26. The first-order chi connectivity index (χ1) is 12.1. The zero-order chi connectivity index (χ0) is 17.8. The molecule has 1 fully saturated rings. The molecule has 2 aromatic rings. The van der Waals surface area contributed by atoms with Gasteiger partial charge in [-0.3, -0.25) is 9.69 Å². The van der Waals surface area contributed by atoms with Crippen molar-refractivity contribution in [2.45, 2.75) is 6.54 Å². The number of rotatable bonds is 5. The standard InChI is InChI=1S/C19H17NO3S2/c1-22-15-8-14(9-16(11-15)23-2)10-17-18(21)20(19(24)25-17)12-13-6-4-3-5-7-13/h3-11H,12H2,1-2H3/b17-10+. The number of carbonyl (C=O) groups is 1. The van der Waals surface area contributed by atoms with Crippen LogP contribution in [0.2, 0.25) is 0 Å². The Morgan fingerprint density at radius 3 is 2.32 bits per heavy atom. The summed E-state index contributed by atoms with van der Waals surface area (Å²) >= 11 is 6.70. The quantitative estimate of drug-likeness (QED) is 0.584. The minimum absolute atomic E-state index is 0.0827. The number of ether oxygens (including phenoxy) is 2. The van der Waals surface area contributed by atoms with E-state index in [4.69, 9.17) is 21.7 Å². The first kappa shape index (κ1) is 17.5. The van der Waals surface area contributed by atoms with Crippen LogP contribution in [0.1, 0.15) is 11.1 Å². The Morgan fingerprint density at radius 1 is 1.08 bits per heavy atom. The summed E-state index contributed by atoms with van der Waals surface area (Å²) in [5.41, 5.74) is 1.87. The maximum atomic E-state index is 12.7. The molecule has 0 atom stereocenters. The number of carbonyl (C=O) groups excluding carboxylic acids is 1. The van der Waals surface area contributed by atoms with Crippen molar-refractivity contribution in [3.8, 4) is 11.5 Å². The number of amides is 1. The Labute approximate surface area is 156 Å². The minimum Gasteiger partial charge on any atom is -0.497 e. The predicted octanol–water partition coefficient (Wildman–Crippen LogP) is 4.11. The van der Waals surface area contributed by atoms with E-state index in [1.54, 1.807) is 25.2 Å². The molecule has 0 unspecified atom stereocenters. The molecule has 0 radical (unpaired) electrons. The van der Waals surface area contributed by atoms with Crippen LogP contribution in [0.15, 0.2) is 53.4 Å². The normalized spacial score (nSPS) is 15.8. The van der Waals surface area contributed by atoms with E-state index in [1.807, 2.05) is 48.5 Å². The number of thiocarbonyl (C=S) groups is 1. The summed E-state index contributed by atoms with van der Waals surface area (Å²) in [5, 5.41) is 0. The van der Waals surface area contributed by atoms with Crippen molar-refractivity contribution in [3.05, 3.63) is 64.6 Å². The van der Waals surface area contributed by atoms with Gasteiger partial charge in [0.1, 0.15) is 15.8 Å². The number of hydrogen-bond acceptors (Lipinski definition) is 5. The SMILES string of the molecule is COc1cc(/C=C2/SC(=S)N(Cc3ccccc3)C2=O)cc(OC)c1. The van der Waals surface area contributed by atoms with Gasteiger partial charge in [-0.1, -0.05) is 54.3 Å². The molecule has 0 aliphatic carbocycles. The second-order valence-electron chi connectivity index (χ2n) is 5.40. The van der Waals surface area contributed by atoms with Crippen molar-refractivity contribution in [1.82, 2.24) is 4.90 Å². The lowest BCUT2D eigenvalue weighted by Crippen LogP contribution is -2.27. The first-order valence-corrected chi connectivity index (χ1v) is 8.85. The smallest absolute Gasteiger partial charge is 0.266 e. The fraction of sp³-hybridized carbons (Fsp3) is 0.158. The van der Waals surface area contributed by atoms with Crippen molar-refractivity contribution >= 4 is 40.3 Å². The Hall–Kier alpha value is -2.31. The van der Waals surface area contributed by atoms with Crippen LogP contribution in [-0.2, 0) is 11.3 Å². The summed E-state index contributed by atoms with van der Waals surface area (Å²) in [6.07, 6.45) is 1.81. The van der Waals surface area contributed by atoms with Gasteiger partial charge in [-0.05, 0) is 29.3 Å². The molecule has 0 spiro atoms. The Balaban J connectivity index is 1.85. The Morgan fingerprint density at radius 2 is 1.72 bits per heavy atom. The Kier molecular flexibility index (Phi) is 5.40. The van der Waals surface area contributed by atoms with Gasteiger partial charge in [0.15, 0.2) is 0 Å². The van der Waals surface area contributed by atoms with Gasteiger partial charge in [-0.25, -0.2) is 0 Å². The van der Waals surface area contributed by atoms with Gasteiger partial charge in [-0.2, -0.15) is 0 Å². The van der Waals surface area contributed by atoms with Crippen molar-refractivity contribution < 1.29 is 14.3 Å². The van der Waals surface area contributed by atoms with Gasteiger partial charge in [0, 0.05) is 6.07 Å². The van der Waals surface area contributed by atoms with Crippen LogP contribution in [0, 0.1) is 0 Å². The molecule has 128 valence electrons. The average molecular weight is 371 g/mol. The zero-order valence-corrected chi connectivity index (χ0v) is 15.5. The summed E-state index contributed by atoms with van der Waals surface area (Å²) in [6.45, 7) is 0.476. The highest BCUT2D eigenvalue weighted by atomic mass is 32.2. The topological polar surface area (TPSA) is 38.8 Å². The van der Waals surface area contributed by atoms with Gasteiger partial charge in [0.2, 0.25) is 0 Å². The monoisotopic (exact) mass is 371 g/mol. The number of benzene rings is 2. The molecule has 2 aromatic carbocycles. The van der Waals surface area contributed by atoms with Crippen molar-refractivity contribution in [2.24, 2.45) is 0 Å². The predicted molar refractivity (Wildman–Crippen MR) is 105 cm³/mol. The maximum absolute atomic E-state index is 12.7. The van der Waals surface area contributed by atoms with E-state index in [-0.39, 0.29) is 5.91 Å². The fourth-order valence-electron chi connectivity index (χ4n) is 2.47. The number of methoxy groups -OCH3 is 2. The first-order valence-electron chi connectivity index (χ1n) is 7.63. The van der Waals surface area contributed by atoms with Gasteiger partial charge in [0.05, 0.1) is 25.7 Å². The van der Waals surface area contributed by atoms with Crippen molar-refractivity contribution in [1.29, 1.82) is 0 Å². The van der Waals surface area contributed by atoms with Crippen molar-refractivity contribution in [2.75, 3.05) is 14.2 Å². The number of nitrogens with zero attached hydrogens (tertiary/aromatic N) is 1. The van der Waals surface area contributed by atoms with Crippen LogP contribution >= 0.6 is 24.0 Å². The van der Waals surface area contributed by atoms with E-state index in [0.29, 0.717) is 27.3 Å². The second-order valence-corrected chi connectivity index (χ2v) is 7.08. The van der Waals surface area contributed by atoms with Crippen LogP contribution in [0.4, 0.5) is 0 Å². The van der Waals surface area contributed by atoms with Gasteiger partial charge in [0.25, 0.3) is 5.91 Å². The average Bonchev–Trinajstić information content (AvgIpc) is 2.89. The zero-order valence-electron chi connectivity index (χ0n) is 13.9. The lowest BCUT2D eigenvalue weighted by molar-refractivity contribution is -0.122. The van der Waals surface area contributed by atoms with E-state index in [1.165, 1.54) is 11.8 Å². The molecule has 0 aromatic heterocycles. The van der Waals surface area contributed by atoms with Crippen LogP contribution in [0.25, 0.3) is 6.08 Å². The van der Waals surface area contributed by atoms with Gasteiger partial charge < -0.3 is 9.47 Å². The maximum Gasteiger partial charge on any atom is 0.266 e. The summed E-state index contributed by atoms with van der Waals surface area (Å²) < 4.78 is 11.1. The summed E-state index contributed by atoms with van der Waals surface area (Å²) in [6, 6.07) is 15.3. The summed E-state index contributed by atoms with van der Waals surface area (Å²) in [4.78, 5) is 14.9. The van der Waals surface area contributed by atoms with Crippen LogP contribution in [0.5, 0.6) is 11.5 Å². The second kappa shape index (κ2) is 7.72. The molecule has 1 aliphatic rings. The number of hydrogen-bond donors (Lipinski definition) is 0. The summed E-state index contributed by atoms with van der Waals surface area (Å²) in [7, 11) is 3.19. The van der Waals surface area contributed by atoms with E-state index >= 15 is 0 Å². The molecule has 1 amide bonds. The number of thioether (sulfide) groups is 1. The van der Waals surface area contributed by atoms with Crippen LogP contribution in [0.3, 0.4) is 0 Å². The van der Waals surface area contributed by atoms with E-state index < -0.39 is 0 Å². The molecule has 0 saturated carbocycles. The van der Waals surface area contributed by atoms with Crippen LogP contribution in [-0.4, -0.2) is 29.3 Å². The van der Waals surface area contributed by atoms with Gasteiger partial charge >= 0.3 is 0 Å². The van der Waals surface area contributed by atoms with Crippen molar-refractivity contribution in [3.63, 3.8) is 0 Å². The summed E-state index contributed by atoms with van der Waals surface area (Å²) in [5.74, 6) is 1.26. The third-order valence-electron chi connectivity index (χ3n) is 3.73. The molecule has 3 rings (SSSR count). The fourth-order valence-corrected chi connectivity index (χ4v) is 3.72. The molecule has 1 heterocycles. The highest BCUT2D eigenvalue weighted by Crippen LogP contribution is 2.34. The van der Waals surface area contributed by atoms with Crippen LogP contribution < -0.4 is 9.47 Å². The molecule has 6 heteroatoms. The minimum atomic E-state index is -0.0827. The molecule has 1 aliphatic heterocycles. The molecule has 0 bridgehead atoms. The molecule has 0 N–H and O–H groups in total. The molecular formula is C19H17NO3S2. The lowest BCUT2D eigenvalue weighted by atomic mass is 10.1. The Bertz CT molecular complexity index is 812. The molecular weight excluding hydrogens is 354 g/mol. The largest absolute Gasteiger partial charge is 0.497 e. The molecule has 25 heavy (non-hydrogen) atoms. The van der Waals surface area contributed by atoms with E-state index in [9.17, 15) is 4.79 Å².